The van der Waals surface area contributed by atoms with Crippen molar-refractivity contribution in [2.75, 3.05) is 13.1 Å². The minimum absolute atomic E-state index is 0.133. The molecule has 150 valence electrons. The second-order valence-electron chi connectivity index (χ2n) is 8.50. The van der Waals surface area contributed by atoms with E-state index in [1.807, 2.05) is 11.0 Å². The molecule has 1 saturated heterocycles. The van der Waals surface area contributed by atoms with Crippen LogP contribution in [-0.4, -0.2) is 40.3 Å². The van der Waals surface area contributed by atoms with Crippen LogP contribution in [0.3, 0.4) is 0 Å². The Labute approximate surface area is 172 Å². The maximum atomic E-state index is 11.8. The molecule has 3 aliphatic rings. The number of hydrogen-bond acceptors (Lipinski definition) is 4. The van der Waals surface area contributed by atoms with Crippen LogP contribution in [0.25, 0.3) is 0 Å². The average molecular weight is 389 g/mol. The number of carbonyl (C=O) groups excluding carboxylic acids is 1. The smallest absolute Gasteiger partial charge is 0.219 e. The largest absolute Gasteiger partial charge is 0.466 e. The molecule has 1 amide bonds. The van der Waals surface area contributed by atoms with Gasteiger partial charge in [0, 0.05) is 44.8 Å². The third-order valence-electron chi connectivity index (χ3n) is 6.74. The first-order valence-electron chi connectivity index (χ1n) is 10.4. The number of rotatable bonds is 1. The fourth-order valence-corrected chi connectivity index (χ4v) is 4.83. The molecule has 5 nitrogen and oxygen atoms in total. The van der Waals surface area contributed by atoms with Crippen LogP contribution in [0.1, 0.15) is 54.5 Å². The highest BCUT2D eigenvalue weighted by Crippen LogP contribution is 2.49. The Kier molecular flexibility index (Phi) is 4.16. The number of benzene rings is 2. The number of likely N-dealkylation sites (tertiary alicyclic amines) is 1. The number of carbonyl (C=O) groups is 1. The highest BCUT2D eigenvalue weighted by Gasteiger charge is 2.52. The molecule has 0 aromatic heterocycles. The number of nitrogens with zero attached hydrogens (tertiary/aromatic N) is 3. The number of para-hydroxylation sites is 1. The number of ether oxygens (including phenoxy) is 1. The molecule has 29 heavy (non-hydrogen) atoms. The Morgan fingerprint density at radius 2 is 1.86 bits per heavy atom. The van der Waals surface area contributed by atoms with E-state index in [2.05, 4.69) is 55.3 Å². The molecular formula is C24H27N3O2. The molecule has 3 aliphatic heterocycles. The first-order chi connectivity index (χ1) is 14.0. The predicted molar refractivity (Wildman–Crippen MR) is 113 cm³/mol. The van der Waals surface area contributed by atoms with Crippen molar-refractivity contribution in [1.29, 1.82) is 0 Å². The maximum absolute atomic E-state index is 11.8. The SMILES string of the molecule is CC(=O)N1CCC2(CC1)Oc1ccccc1[C@H]1CC(c3ccc(C)c(C)c3)=NN12. The van der Waals surface area contributed by atoms with E-state index >= 15 is 0 Å². The number of fused-ring (bicyclic) bond motifs is 4. The summed E-state index contributed by atoms with van der Waals surface area (Å²) >= 11 is 0. The van der Waals surface area contributed by atoms with Crippen molar-refractivity contribution in [3.8, 4) is 5.75 Å². The Morgan fingerprint density at radius 1 is 1.10 bits per heavy atom. The Morgan fingerprint density at radius 3 is 2.59 bits per heavy atom. The lowest BCUT2D eigenvalue weighted by Crippen LogP contribution is -2.59. The standard InChI is InChI=1S/C24H27N3O2/c1-16-8-9-19(14-17(16)2)21-15-22-20-6-4-5-7-23(20)29-24(27(22)25-21)10-12-26(13-11-24)18(3)28/h4-9,14,22H,10-13,15H2,1-3H3/t22-/m1/s1. The van der Waals surface area contributed by atoms with Gasteiger partial charge in [-0.15, -0.1) is 0 Å². The van der Waals surface area contributed by atoms with Crippen molar-refractivity contribution in [2.24, 2.45) is 5.10 Å². The molecule has 5 heteroatoms. The molecular weight excluding hydrogens is 362 g/mol. The van der Waals surface area contributed by atoms with Crippen LogP contribution in [-0.2, 0) is 4.79 Å². The molecule has 5 rings (SSSR count). The van der Waals surface area contributed by atoms with E-state index < -0.39 is 5.72 Å². The molecule has 0 radical (unpaired) electrons. The summed E-state index contributed by atoms with van der Waals surface area (Å²) in [6, 6.07) is 15.1. The third-order valence-corrected chi connectivity index (χ3v) is 6.74. The lowest BCUT2D eigenvalue weighted by atomic mass is 9.90. The van der Waals surface area contributed by atoms with E-state index in [9.17, 15) is 4.79 Å². The summed E-state index contributed by atoms with van der Waals surface area (Å²) < 4.78 is 6.61. The topological polar surface area (TPSA) is 45.1 Å². The van der Waals surface area contributed by atoms with Crippen molar-refractivity contribution in [3.63, 3.8) is 0 Å². The molecule has 2 aromatic carbocycles. The van der Waals surface area contributed by atoms with Crippen LogP contribution in [0, 0.1) is 13.8 Å². The zero-order chi connectivity index (χ0) is 20.2. The van der Waals surface area contributed by atoms with Gasteiger partial charge in [0.1, 0.15) is 5.75 Å². The molecule has 0 N–H and O–H groups in total. The maximum Gasteiger partial charge on any atom is 0.219 e. The number of hydrogen-bond donors (Lipinski definition) is 0. The van der Waals surface area contributed by atoms with Gasteiger partial charge in [-0.1, -0.05) is 30.3 Å². The van der Waals surface area contributed by atoms with Gasteiger partial charge in [-0.3, -0.25) is 4.79 Å². The normalized spacial score (nSPS) is 22.0. The van der Waals surface area contributed by atoms with Gasteiger partial charge >= 0.3 is 0 Å². The van der Waals surface area contributed by atoms with Crippen LogP contribution in [0.5, 0.6) is 5.75 Å². The Hall–Kier alpha value is -2.82. The van der Waals surface area contributed by atoms with E-state index in [-0.39, 0.29) is 11.9 Å². The summed E-state index contributed by atoms with van der Waals surface area (Å²) in [5.74, 6) is 1.09. The molecule has 0 aliphatic carbocycles. The summed E-state index contributed by atoms with van der Waals surface area (Å²) in [7, 11) is 0. The summed E-state index contributed by atoms with van der Waals surface area (Å²) in [6.07, 6.45) is 2.41. The van der Waals surface area contributed by atoms with Gasteiger partial charge < -0.3 is 9.64 Å². The number of aryl methyl sites for hydroxylation is 2. The van der Waals surface area contributed by atoms with Crippen LogP contribution in [0.4, 0.5) is 0 Å². The van der Waals surface area contributed by atoms with Crippen molar-refractivity contribution in [3.05, 3.63) is 64.7 Å². The highest BCUT2D eigenvalue weighted by atomic mass is 16.5. The van der Waals surface area contributed by atoms with E-state index in [0.29, 0.717) is 13.1 Å². The molecule has 1 fully saturated rings. The minimum Gasteiger partial charge on any atom is -0.466 e. The Bertz CT molecular complexity index is 1000. The monoisotopic (exact) mass is 389 g/mol. The zero-order valence-corrected chi connectivity index (χ0v) is 17.3. The summed E-state index contributed by atoms with van der Waals surface area (Å²) in [4.78, 5) is 13.7. The molecule has 0 saturated carbocycles. The van der Waals surface area contributed by atoms with Crippen LogP contribution in [0.2, 0.25) is 0 Å². The van der Waals surface area contributed by atoms with Crippen molar-refractivity contribution < 1.29 is 9.53 Å². The Balaban J connectivity index is 1.54. The number of hydrazone groups is 1. The van der Waals surface area contributed by atoms with Crippen molar-refractivity contribution in [2.45, 2.75) is 51.8 Å². The quantitative estimate of drug-likeness (QED) is 0.735. The van der Waals surface area contributed by atoms with Gasteiger partial charge in [-0.25, -0.2) is 5.01 Å². The first-order valence-corrected chi connectivity index (χ1v) is 10.4. The van der Waals surface area contributed by atoms with Crippen LogP contribution in [0.15, 0.2) is 47.6 Å². The highest BCUT2D eigenvalue weighted by molar-refractivity contribution is 6.02. The molecule has 1 spiro atoms. The van der Waals surface area contributed by atoms with Gasteiger partial charge in [-0.2, -0.15) is 5.10 Å². The first kappa shape index (κ1) is 18.2. The van der Waals surface area contributed by atoms with Gasteiger partial charge in [0.2, 0.25) is 11.6 Å². The van der Waals surface area contributed by atoms with Gasteiger partial charge in [0.25, 0.3) is 0 Å². The number of amides is 1. The molecule has 0 unspecified atom stereocenters. The van der Waals surface area contributed by atoms with E-state index in [0.717, 1.165) is 30.7 Å². The minimum atomic E-state index is -0.480. The molecule has 1 atom stereocenters. The zero-order valence-electron chi connectivity index (χ0n) is 17.3. The van der Waals surface area contributed by atoms with Crippen molar-refractivity contribution in [1.82, 2.24) is 9.91 Å². The van der Waals surface area contributed by atoms with Crippen LogP contribution < -0.4 is 4.74 Å². The predicted octanol–water partition coefficient (Wildman–Crippen LogP) is 4.19. The second kappa shape index (κ2) is 6.61. The molecule has 0 bridgehead atoms. The fraction of sp³-hybridized carbons (Fsp3) is 0.417. The van der Waals surface area contributed by atoms with E-state index in [1.54, 1.807) is 6.92 Å². The number of piperidine rings is 1. The third kappa shape index (κ3) is 2.91. The van der Waals surface area contributed by atoms with E-state index in [1.165, 1.54) is 22.3 Å². The van der Waals surface area contributed by atoms with E-state index in [4.69, 9.17) is 9.84 Å². The summed E-state index contributed by atoms with van der Waals surface area (Å²) in [5, 5.41) is 7.32. The van der Waals surface area contributed by atoms with Gasteiger partial charge in [0.15, 0.2) is 0 Å². The lowest BCUT2D eigenvalue weighted by Gasteiger charge is -2.51. The second-order valence-corrected chi connectivity index (χ2v) is 8.50. The average Bonchev–Trinajstić information content (AvgIpc) is 3.17. The van der Waals surface area contributed by atoms with Gasteiger partial charge in [-0.05, 0) is 42.7 Å². The van der Waals surface area contributed by atoms with Crippen molar-refractivity contribution >= 4 is 11.6 Å². The molecule has 2 aromatic rings. The van der Waals surface area contributed by atoms with Gasteiger partial charge in [0.05, 0.1) is 11.8 Å². The fourth-order valence-electron chi connectivity index (χ4n) is 4.83. The summed E-state index contributed by atoms with van der Waals surface area (Å²) in [5.41, 5.74) is 5.62. The summed E-state index contributed by atoms with van der Waals surface area (Å²) in [6.45, 7) is 7.34. The molecule has 3 heterocycles. The lowest BCUT2D eigenvalue weighted by molar-refractivity contribution is -0.158. The van der Waals surface area contributed by atoms with Crippen LogP contribution >= 0.6 is 0 Å².